The van der Waals surface area contributed by atoms with E-state index in [0.29, 0.717) is 22.9 Å². The number of halogens is 2. The van der Waals surface area contributed by atoms with Crippen molar-refractivity contribution in [2.75, 3.05) is 7.11 Å². The maximum absolute atomic E-state index is 13.8. The van der Waals surface area contributed by atoms with Crippen molar-refractivity contribution in [3.8, 4) is 5.75 Å². The topological polar surface area (TPSA) is 46.5 Å². The first kappa shape index (κ1) is 12.4. The van der Waals surface area contributed by atoms with Gasteiger partial charge in [0, 0.05) is 10.0 Å². The first-order chi connectivity index (χ1) is 7.94. The largest absolute Gasteiger partial charge is 0.493 e. The third-order valence-electron chi connectivity index (χ3n) is 3.27. The Hall–Kier alpha value is -1.10. The van der Waals surface area contributed by atoms with Gasteiger partial charge >= 0.3 is 5.97 Å². The second-order valence-electron chi connectivity index (χ2n) is 4.26. The van der Waals surface area contributed by atoms with Gasteiger partial charge in [-0.05, 0) is 31.4 Å². The maximum atomic E-state index is 13.8. The monoisotopic (exact) mass is 302 g/mol. The molecule has 92 valence electrons. The molecule has 1 saturated carbocycles. The Bertz CT molecular complexity index is 495. The minimum Gasteiger partial charge on any atom is -0.493 e. The van der Waals surface area contributed by atoms with E-state index in [1.165, 1.54) is 13.2 Å². The summed E-state index contributed by atoms with van der Waals surface area (Å²) in [6.07, 6.45) is 1.05. The van der Waals surface area contributed by atoms with Gasteiger partial charge < -0.3 is 9.84 Å². The average molecular weight is 303 g/mol. The lowest BCUT2D eigenvalue weighted by atomic mass is 9.90. The highest BCUT2D eigenvalue weighted by Gasteiger charge is 2.54. The van der Waals surface area contributed by atoms with Gasteiger partial charge in [-0.3, -0.25) is 4.79 Å². The van der Waals surface area contributed by atoms with Crippen LogP contribution in [0.2, 0.25) is 0 Å². The molecular weight excluding hydrogens is 291 g/mol. The molecule has 0 aromatic heterocycles. The predicted octanol–water partition coefficient (Wildman–Crippen LogP) is 3.02. The van der Waals surface area contributed by atoms with Crippen LogP contribution in [0, 0.1) is 12.7 Å². The lowest BCUT2D eigenvalue weighted by molar-refractivity contribution is -0.140. The number of carboxylic acid groups (broad SMARTS) is 1. The van der Waals surface area contributed by atoms with E-state index in [0.717, 1.165) is 5.56 Å². The van der Waals surface area contributed by atoms with Gasteiger partial charge in [-0.1, -0.05) is 15.9 Å². The zero-order valence-electron chi connectivity index (χ0n) is 9.51. The molecule has 0 amide bonds. The highest BCUT2D eigenvalue weighted by Crippen LogP contribution is 2.54. The summed E-state index contributed by atoms with van der Waals surface area (Å²) < 4.78 is 19.4. The lowest BCUT2D eigenvalue weighted by Crippen LogP contribution is -2.22. The summed E-state index contributed by atoms with van der Waals surface area (Å²) in [4.78, 5) is 11.3. The Morgan fingerprint density at radius 1 is 1.59 bits per heavy atom. The van der Waals surface area contributed by atoms with Crippen LogP contribution in [0.3, 0.4) is 0 Å². The molecule has 1 aliphatic carbocycles. The standard InChI is InChI=1S/C12H12BrFO3/c1-6-7(13)5-8(14)10(17-2)9(6)12(3-4-12)11(15)16/h5H,3-4H2,1-2H3,(H,15,16). The Morgan fingerprint density at radius 2 is 2.18 bits per heavy atom. The quantitative estimate of drug-likeness (QED) is 0.933. The fourth-order valence-electron chi connectivity index (χ4n) is 2.17. The molecule has 0 atom stereocenters. The molecule has 1 aliphatic rings. The molecule has 5 heteroatoms. The molecule has 0 bridgehead atoms. The van der Waals surface area contributed by atoms with Crippen LogP contribution in [0.5, 0.6) is 5.75 Å². The molecule has 0 heterocycles. The van der Waals surface area contributed by atoms with E-state index in [4.69, 9.17) is 4.74 Å². The summed E-state index contributed by atoms with van der Waals surface area (Å²) in [7, 11) is 1.35. The predicted molar refractivity (Wildman–Crippen MR) is 63.9 cm³/mol. The third-order valence-corrected chi connectivity index (χ3v) is 4.10. The third kappa shape index (κ3) is 1.73. The number of hydrogen-bond donors (Lipinski definition) is 1. The molecule has 1 aromatic rings. The highest BCUT2D eigenvalue weighted by atomic mass is 79.9. The van der Waals surface area contributed by atoms with Crippen LogP contribution in [-0.4, -0.2) is 18.2 Å². The van der Waals surface area contributed by atoms with E-state index in [2.05, 4.69) is 15.9 Å². The molecule has 3 nitrogen and oxygen atoms in total. The molecule has 0 radical (unpaired) electrons. The van der Waals surface area contributed by atoms with Crippen LogP contribution < -0.4 is 4.74 Å². The number of rotatable bonds is 3. The summed E-state index contributed by atoms with van der Waals surface area (Å²) in [6, 6.07) is 1.30. The van der Waals surface area contributed by atoms with Gasteiger partial charge in [0.05, 0.1) is 12.5 Å². The van der Waals surface area contributed by atoms with Crippen molar-refractivity contribution >= 4 is 21.9 Å². The van der Waals surface area contributed by atoms with Crippen molar-refractivity contribution in [2.45, 2.75) is 25.2 Å². The van der Waals surface area contributed by atoms with Gasteiger partial charge in [-0.25, -0.2) is 4.39 Å². The summed E-state index contributed by atoms with van der Waals surface area (Å²) in [5.74, 6) is -1.41. The van der Waals surface area contributed by atoms with Crippen molar-refractivity contribution in [2.24, 2.45) is 0 Å². The molecule has 17 heavy (non-hydrogen) atoms. The number of aliphatic carboxylic acids is 1. The molecule has 2 rings (SSSR count). The Morgan fingerprint density at radius 3 is 2.59 bits per heavy atom. The van der Waals surface area contributed by atoms with Gasteiger partial charge in [0.25, 0.3) is 0 Å². The van der Waals surface area contributed by atoms with E-state index in [1.807, 2.05) is 0 Å². The van der Waals surface area contributed by atoms with Gasteiger partial charge in [0.2, 0.25) is 0 Å². The van der Waals surface area contributed by atoms with E-state index in [1.54, 1.807) is 6.92 Å². The molecule has 1 aromatic carbocycles. The summed E-state index contributed by atoms with van der Waals surface area (Å²) in [6.45, 7) is 1.77. The van der Waals surface area contributed by atoms with Gasteiger partial charge in [-0.15, -0.1) is 0 Å². The highest BCUT2D eigenvalue weighted by molar-refractivity contribution is 9.10. The minimum absolute atomic E-state index is 0.0469. The molecule has 1 N–H and O–H groups in total. The smallest absolute Gasteiger partial charge is 0.314 e. The zero-order valence-corrected chi connectivity index (χ0v) is 11.1. The van der Waals surface area contributed by atoms with Gasteiger partial charge in [-0.2, -0.15) is 0 Å². The molecule has 0 aliphatic heterocycles. The number of ether oxygens (including phenoxy) is 1. The van der Waals surface area contributed by atoms with E-state index < -0.39 is 17.2 Å². The van der Waals surface area contributed by atoms with Gasteiger partial charge in [0.1, 0.15) is 0 Å². The molecule has 0 saturated heterocycles. The maximum Gasteiger partial charge on any atom is 0.314 e. The number of carboxylic acids is 1. The molecule has 0 unspecified atom stereocenters. The van der Waals surface area contributed by atoms with E-state index >= 15 is 0 Å². The van der Waals surface area contributed by atoms with Crippen LogP contribution in [0.25, 0.3) is 0 Å². The SMILES string of the molecule is COc1c(F)cc(Br)c(C)c1C1(C(=O)O)CC1. The number of benzene rings is 1. The van der Waals surface area contributed by atoms with Crippen molar-refractivity contribution in [1.29, 1.82) is 0 Å². The zero-order chi connectivity index (χ0) is 12.8. The Labute approximate surface area is 107 Å². The first-order valence-electron chi connectivity index (χ1n) is 5.20. The normalized spacial score (nSPS) is 16.7. The summed E-state index contributed by atoms with van der Waals surface area (Å²) in [5.41, 5.74) is 0.211. The number of methoxy groups -OCH3 is 1. The second-order valence-corrected chi connectivity index (χ2v) is 5.12. The molecular formula is C12H12BrFO3. The lowest BCUT2D eigenvalue weighted by Gasteiger charge is -2.19. The van der Waals surface area contributed by atoms with Crippen LogP contribution >= 0.6 is 15.9 Å². The van der Waals surface area contributed by atoms with E-state index in [-0.39, 0.29) is 5.75 Å². The van der Waals surface area contributed by atoms with Crippen molar-refractivity contribution in [3.05, 3.63) is 27.5 Å². The van der Waals surface area contributed by atoms with Crippen molar-refractivity contribution in [3.63, 3.8) is 0 Å². The second kappa shape index (κ2) is 3.98. The number of carbonyl (C=O) groups is 1. The van der Waals surface area contributed by atoms with Crippen LogP contribution in [0.1, 0.15) is 24.0 Å². The van der Waals surface area contributed by atoms with Gasteiger partial charge in [0.15, 0.2) is 11.6 Å². The summed E-state index contributed by atoms with van der Waals surface area (Å²) in [5, 5.41) is 9.29. The van der Waals surface area contributed by atoms with Crippen LogP contribution in [0.4, 0.5) is 4.39 Å². The fraction of sp³-hybridized carbons (Fsp3) is 0.417. The van der Waals surface area contributed by atoms with Crippen molar-refractivity contribution in [1.82, 2.24) is 0 Å². The number of hydrogen-bond acceptors (Lipinski definition) is 2. The molecule has 1 fully saturated rings. The summed E-state index contributed by atoms with van der Waals surface area (Å²) >= 11 is 3.24. The minimum atomic E-state index is -0.972. The Kier molecular flexibility index (Phi) is 2.89. The van der Waals surface area contributed by atoms with Crippen LogP contribution in [0.15, 0.2) is 10.5 Å². The first-order valence-corrected chi connectivity index (χ1v) is 6.00. The average Bonchev–Trinajstić information content (AvgIpc) is 3.04. The van der Waals surface area contributed by atoms with Crippen LogP contribution in [-0.2, 0) is 10.2 Å². The van der Waals surface area contributed by atoms with Crippen molar-refractivity contribution < 1.29 is 19.0 Å². The van der Waals surface area contributed by atoms with E-state index in [9.17, 15) is 14.3 Å². The fourth-order valence-corrected chi connectivity index (χ4v) is 2.57. The molecule has 0 spiro atoms. The Balaban J connectivity index is 2.71.